The maximum atomic E-state index is 12.6. The quantitative estimate of drug-likeness (QED) is 0.844. The number of carboxylic acid groups (broad SMARTS) is 1. The van der Waals surface area contributed by atoms with Crippen molar-refractivity contribution in [2.45, 2.75) is 12.6 Å². The van der Waals surface area contributed by atoms with Crippen LogP contribution in [0.15, 0.2) is 24.3 Å². The van der Waals surface area contributed by atoms with Crippen LogP contribution in [0.2, 0.25) is 0 Å². The van der Waals surface area contributed by atoms with Gasteiger partial charge in [0.2, 0.25) is 0 Å². The summed E-state index contributed by atoms with van der Waals surface area (Å²) < 4.78 is 37.8. The molecule has 0 aliphatic heterocycles. The first-order valence-electron chi connectivity index (χ1n) is 4.89. The Balaban J connectivity index is 3.07. The van der Waals surface area contributed by atoms with E-state index in [1.807, 2.05) is 0 Å². The van der Waals surface area contributed by atoms with E-state index < -0.39 is 23.3 Å². The van der Waals surface area contributed by atoms with Gasteiger partial charge < -0.3 is 5.11 Å². The van der Waals surface area contributed by atoms with E-state index in [1.165, 1.54) is 18.2 Å². The van der Waals surface area contributed by atoms with Gasteiger partial charge in [-0.15, -0.1) is 0 Å². The summed E-state index contributed by atoms with van der Waals surface area (Å²) in [5, 5.41) is 8.38. The highest BCUT2D eigenvalue weighted by Crippen LogP contribution is 2.32. The van der Waals surface area contributed by atoms with E-state index in [2.05, 4.69) is 0 Å². The first kappa shape index (κ1) is 14.0. The van der Waals surface area contributed by atoms with Crippen LogP contribution >= 0.6 is 0 Å². The molecule has 0 fully saturated rings. The molecule has 3 nitrogen and oxygen atoms in total. The fourth-order valence-corrected chi connectivity index (χ4v) is 1.32. The summed E-state index contributed by atoms with van der Waals surface area (Å²) in [7, 11) is 0. The molecular weight excluding hydrogens is 249 g/mol. The van der Waals surface area contributed by atoms with Crippen molar-refractivity contribution in [3.63, 3.8) is 0 Å². The predicted molar refractivity (Wildman–Crippen MR) is 58.1 cm³/mol. The van der Waals surface area contributed by atoms with Crippen LogP contribution in [0.3, 0.4) is 0 Å². The third kappa shape index (κ3) is 3.73. The van der Waals surface area contributed by atoms with Crippen LogP contribution in [0.25, 0.3) is 6.08 Å². The molecule has 1 N–H and O–H groups in total. The zero-order valence-electron chi connectivity index (χ0n) is 9.07. The molecule has 0 radical (unpaired) electrons. The van der Waals surface area contributed by atoms with Gasteiger partial charge in [0.1, 0.15) is 0 Å². The predicted octanol–water partition coefficient (Wildman–Crippen LogP) is 3.01. The first-order chi connectivity index (χ1) is 8.34. The molecule has 18 heavy (non-hydrogen) atoms. The summed E-state index contributed by atoms with van der Waals surface area (Å²) in [4.78, 5) is 20.7. The van der Waals surface area contributed by atoms with Gasteiger partial charge in [-0.05, 0) is 11.6 Å². The Bertz CT molecular complexity index is 490. The van der Waals surface area contributed by atoms with Crippen molar-refractivity contribution in [1.29, 1.82) is 0 Å². The van der Waals surface area contributed by atoms with Crippen molar-refractivity contribution >= 4 is 18.3 Å². The van der Waals surface area contributed by atoms with Crippen LogP contribution in [-0.2, 0) is 11.0 Å². The van der Waals surface area contributed by atoms with E-state index in [0.717, 1.165) is 12.1 Å². The van der Waals surface area contributed by atoms with Crippen molar-refractivity contribution in [2.75, 3.05) is 0 Å². The van der Waals surface area contributed by atoms with E-state index >= 15 is 0 Å². The fraction of sp³-hybridized carbons (Fsp3) is 0.167. The molecule has 1 aromatic rings. The standard InChI is InChI=1S/C12H9F3O3/c13-12(14,15)10-6-8(2-1-3-11(17)18)4-5-9(10)7-16/h1-2,4-7H,3H2,(H,17,18). The Hall–Kier alpha value is -2.11. The number of hydrogen-bond acceptors (Lipinski definition) is 2. The van der Waals surface area contributed by atoms with Crippen molar-refractivity contribution < 1.29 is 27.9 Å². The number of carbonyl (C=O) groups is 2. The van der Waals surface area contributed by atoms with E-state index in [9.17, 15) is 22.8 Å². The second kappa shape index (κ2) is 5.48. The fourth-order valence-electron chi connectivity index (χ4n) is 1.32. The normalized spacial score (nSPS) is 11.7. The second-order valence-electron chi connectivity index (χ2n) is 3.46. The molecule has 0 saturated heterocycles. The number of aliphatic carboxylic acids is 1. The van der Waals surface area contributed by atoms with Gasteiger partial charge in [-0.3, -0.25) is 9.59 Å². The summed E-state index contributed by atoms with van der Waals surface area (Å²) in [6.07, 6.45) is -2.27. The molecule has 0 saturated carbocycles. The molecule has 0 aliphatic carbocycles. The first-order valence-corrected chi connectivity index (χ1v) is 4.89. The smallest absolute Gasteiger partial charge is 0.417 e. The lowest BCUT2D eigenvalue weighted by Gasteiger charge is -2.09. The minimum atomic E-state index is -4.62. The average Bonchev–Trinajstić information content (AvgIpc) is 2.27. The highest BCUT2D eigenvalue weighted by Gasteiger charge is 2.33. The van der Waals surface area contributed by atoms with Gasteiger partial charge in [0.25, 0.3) is 0 Å². The van der Waals surface area contributed by atoms with Gasteiger partial charge in [0.05, 0.1) is 12.0 Å². The van der Waals surface area contributed by atoms with E-state index in [0.29, 0.717) is 0 Å². The summed E-state index contributed by atoms with van der Waals surface area (Å²) in [5.41, 5.74) is -1.29. The van der Waals surface area contributed by atoms with Crippen LogP contribution in [0.1, 0.15) is 27.9 Å². The molecule has 1 aromatic carbocycles. The summed E-state index contributed by atoms with van der Waals surface area (Å²) in [6.45, 7) is 0. The molecule has 0 atom stereocenters. The van der Waals surface area contributed by atoms with E-state index in [-0.39, 0.29) is 18.3 Å². The van der Waals surface area contributed by atoms with Gasteiger partial charge in [-0.1, -0.05) is 24.3 Å². The van der Waals surface area contributed by atoms with E-state index in [4.69, 9.17) is 5.11 Å². The number of halogens is 3. The molecule has 0 bridgehead atoms. The maximum Gasteiger partial charge on any atom is 0.417 e. The van der Waals surface area contributed by atoms with Crippen molar-refractivity contribution in [3.05, 3.63) is 41.0 Å². The SMILES string of the molecule is O=Cc1ccc(C=CCC(=O)O)cc1C(F)(F)F. The Morgan fingerprint density at radius 3 is 2.50 bits per heavy atom. The second-order valence-corrected chi connectivity index (χ2v) is 3.46. The van der Waals surface area contributed by atoms with Gasteiger partial charge >= 0.3 is 12.1 Å². The van der Waals surface area contributed by atoms with Crippen LogP contribution in [0.5, 0.6) is 0 Å². The number of alkyl halides is 3. The zero-order chi connectivity index (χ0) is 13.8. The number of hydrogen-bond donors (Lipinski definition) is 1. The van der Waals surface area contributed by atoms with Crippen molar-refractivity contribution in [1.82, 2.24) is 0 Å². The minimum Gasteiger partial charge on any atom is -0.481 e. The lowest BCUT2D eigenvalue weighted by Crippen LogP contribution is -2.09. The molecule has 0 heterocycles. The lowest BCUT2D eigenvalue weighted by atomic mass is 10.0. The molecule has 6 heteroatoms. The summed E-state index contributed by atoms with van der Waals surface area (Å²) in [5.74, 6) is -1.08. The topological polar surface area (TPSA) is 54.4 Å². The van der Waals surface area contributed by atoms with Gasteiger partial charge in [0, 0.05) is 5.56 Å². The Morgan fingerprint density at radius 1 is 1.33 bits per heavy atom. The third-order valence-corrected chi connectivity index (χ3v) is 2.11. The van der Waals surface area contributed by atoms with Crippen LogP contribution in [0, 0.1) is 0 Å². The number of aldehydes is 1. The molecule has 0 aliphatic rings. The van der Waals surface area contributed by atoms with E-state index in [1.54, 1.807) is 0 Å². The molecule has 0 amide bonds. The van der Waals surface area contributed by atoms with Crippen molar-refractivity contribution in [2.24, 2.45) is 0 Å². The summed E-state index contributed by atoms with van der Waals surface area (Å²) in [6, 6.07) is 3.18. The van der Waals surface area contributed by atoms with Gasteiger partial charge in [0.15, 0.2) is 6.29 Å². The number of benzene rings is 1. The van der Waals surface area contributed by atoms with Gasteiger partial charge in [-0.2, -0.15) is 13.2 Å². The van der Waals surface area contributed by atoms with Crippen LogP contribution in [-0.4, -0.2) is 17.4 Å². The monoisotopic (exact) mass is 258 g/mol. The molecule has 0 unspecified atom stereocenters. The number of rotatable bonds is 4. The highest BCUT2D eigenvalue weighted by atomic mass is 19.4. The minimum absolute atomic E-state index is 0.133. The Morgan fingerprint density at radius 2 is 2.00 bits per heavy atom. The molecular formula is C12H9F3O3. The average molecular weight is 258 g/mol. The molecule has 96 valence electrons. The Kier molecular flexibility index (Phi) is 4.25. The summed E-state index contributed by atoms with van der Waals surface area (Å²) >= 11 is 0. The highest BCUT2D eigenvalue weighted by molar-refractivity contribution is 5.78. The van der Waals surface area contributed by atoms with Gasteiger partial charge in [-0.25, -0.2) is 0 Å². The number of carboxylic acids is 1. The van der Waals surface area contributed by atoms with Crippen LogP contribution < -0.4 is 0 Å². The Labute approximate surface area is 101 Å². The molecule has 0 aromatic heterocycles. The third-order valence-electron chi connectivity index (χ3n) is 2.11. The maximum absolute atomic E-state index is 12.6. The molecule has 0 spiro atoms. The lowest BCUT2D eigenvalue weighted by molar-refractivity contribution is -0.138. The largest absolute Gasteiger partial charge is 0.481 e. The van der Waals surface area contributed by atoms with Crippen LogP contribution in [0.4, 0.5) is 13.2 Å². The molecule has 1 rings (SSSR count). The van der Waals surface area contributed by atoms with Crippen molar-refractivity contribution in [3.8, 4) is 0 Å². The zero-order valence-corrected chi connectivity index (χ0v) is 9.07. The number of carbonyl (C=O) groups excluding carboxylic acids is 1.